The lowest BCUT2D eigenvalue weighted by Gasteiger charge is -2.43. The summed E-state index contributed by atoms with van der Waals surface area (Å²) in [5, 5.41) is 3.58. The SMILES string of the molecule is c1ccc(NCCC[B-](c2ccccc2)(c2ccccc2)c2ccccc2)cc1. The normalized spacial score (nSPS) is 11.2. The first kappa shape index (κ1) is 19.1. The van der Waals surface area contributed by atoms with E-state index in [4.69, 9.17) is 0 Å². The van der Waals surface area contributed by atoms with Gasteiger partial charge in [-0.05, 0) is 12.1 Å². The zero-order valence-corrected chi connectivity index (χ0v) is 16.7. The molecule has 0 fully saturated rings. The summed E-state index contributed by atoms with van der Waals surface area (Å²) >= 11 is 0. The largest absolute Gasteiger partial charge is 0.385 e. The molecule has 0 saturated heterocycles. The predicted molar refractivity (Wildman–Crippen MR) is 128 cm³/mol. The molecule has 4 rings (SSSR count). The average Bonchev–Trinajstić information content (AvgIpc) is 2.82. The topological polar surface area (TPSA) is 12.0 Å². The number of para-hydroxylation sites is 1. The number of nitrogens with one attached hydrogen (secondary N) is 1. The Morgan fingerprint density at radius 2 is 0.862 bits per heavy atom. The van der Waals surface area contributed by atoms with E-state index in [2.05, 4.69) is 127 Å². The molecule has 0 saturated carbocycles. The standard InChI is InChI=1S/C27H27BN/c1-5-14-24(15-6-1)28(25-16-7-2-8-17-25,26-18-9-3-10-19-26)22-13-23-29-27-20-11-4-12-21-27/h1-12,14-21,29H,13,22-23H2/q-1. The van der Waals surface area contributed by atoms with Gasteiger partial charge in [0.2, 0.25) is 0 Å². The van der Waals surface area contributed by atoms with Crippen molar-refractivity contribution in [1.29, 1.82) is 0 Å². The van der Waals surface area contributed by atoms with Gasteiger partial charge in [0.05, 0.1) is 6.15 Å². The van der Waals surface area contributed by atoms with E-state index in [1.807, 2.05) is 0 Å². The Morgan fingerprint density at radius 3 is 1.28 bits per heavy atom. The molecule has 2 heteroatoms. The van der Waals surface area contributed by atoms with Crippen molar-refractivity contribution in [1.82, 2.24) is 0 Å². The molecule has 144 valence electrons. The quantitative estimate of drug-likeness (QED) is 0.348. The Morgan fingerprint density at radius 1 is 0.483 bits per heavy atom. The minimum Gasteiger partial charge on any atom is -0.385 e. The molecule has 0 unspecified atom stereocenters. The second-order valence-electron chi connectivity index (χ2n) is 7.71. The summed E-state index contributed by atoms with van der Waals surface area (Å²) in [5.74, 6) is 0. The van der Waals surface area contributed by atoms with E-state index in [0.717, 1.165) is 19.3 Å². The monoisotopic (exact) mass is 376 g/mol. The van der Waals surface area contributed by atoms with Crippen molar-refractivity contribution in [2.24, 2.45) is 0 Å². The Kier molecular flexibility index (Phi) is 6.11. The fraction of sp³-hybridized carbons (Fsp3) is 0.111. The first-order valence-corrected chi connectivity index (χ1v) is 10.5. The summed E-state index contributed by atoms with van der Waals surface area (Å²) < 4.78 is 0. The van der Waals surface area contributed by atoms with Gasteiger partial charge < -0.3 is 5.32 Å². The van der Waals surface area contributed by atoms with Gasteiger partial charge in [0, 0.05) is 12.2 Å². The van der Waals surface area contributed by atoms with Crippen molar-refractivity contribution in [2.75, 3.05) is 11.9 Å². The van der Waals surface area contributed by atoms with E-state index in [1.54, 1.807) is 0 Å². The van der Waals surface area contributed by atoms with Crippen LogP contribution in [0.1, 0.15) is 6.42 Å². The molecule has 4 aromatic carbocycles. The van der Waals surface area contributed by atoms with Crippen LogP contribution in [0.15, 0.2) is 121 Å². The van der Waals surface area contributed by atoms with Crippen LogP contribution in [0.5, 0.6) is 0 Å². The van der Waals surface area contributed by atoms with E-state index in [-0.39, 0.29) is 0 Å². The van der Waals surface area contributed by atoms with Crippen LogP contribution in [0.2, 0.25) is 6.32 Å². The van der Waals surface area contributed by atoms with Crippen LogP contribution in [0.3, 0.4) is 0 Å². The molecule has 0 radical (unpaired) electrons. The van der Waals surface area contributed by atoms with Crippen LogP contribution in [0, 0.1) is 0 Å². The van der Waals surface area contributed by atoms with Crippen molar-refractivity contribution in [3.8, 4) is 0 Å². The van der Waals surface area contributed by atoms with Gasteiger partial charge in [-0.15, -0.1) is 0 Å². The van der Waals surface area contributed by atoms with Gasteiger partial charge in [0.1, 0.15) is 0 Å². The Labute approximate surface area is 174 Å². The Bertz CT molecular complexity index is 889. The second-order valence-corrected chi connectivity index (χ2v) is 7.71. The summed E-state index contributed by atoms with van der Waals surface area (Å²) in [6.07, 6.45) is 1.15. The molecule has 0 heterocycles. The number of rotatable bonds is 8. The predicted octanol–water partition coefficient (Wildman–Crippen LogP) is 4.66. The molecule has 0 aliphatic heterocycles. The molecule has 0 aliphatic carbocycles. The van der Waals surface area contributed by atoms with Crippen LogP contribution in [0.4, 0.5) is 5.69 Å². The van der Waals surface area contributed by atoms with E-state index in [1.165, 1.54) is 22.1 Å². The maximum atomic E-state index is 3.58. The average molecular weight is 376 g/mol. The van der Waals surface area contributed by atoms with Crippen LogP contribution >= 0.6 is 0 Å². The van der Waals surface area contributed by atoms with Crippen LogP contribution in [-0.2, 0) is 0 Å². The molecule has 1 N–H and O–H groups in total. The van der Waals surface area contributed by atoms with Gasteiger partial charge in [-0.3, -0.25) is 0 Å². The highest BCUT2D eigenvalue weighted by molar-refractivity contribution is 7.11. The van der Waals surface area contributed by atoms with Gasteiger partial charge in [-0.1, -0.05) is 116 Å². The second kappa shape index (κ2) is 9.29. The number of hydrogen-bond acceptors (Lipinski definition) is 1. The van der Waals surface area contributed by atoms with Crippen LogP contribution in [0.25, 0.3) is 0 Å². The van der Waals surface area contributed by atoms with Crippen molar-refractivity contribution in [2.45, 2.75) is 12.7 Å². The minimum absolute atomic E-state index is 0.958. The fourth-order valence-corrected chi connectivity index (χ4v) is 4.62. The molecule has 0 atom stereocenters. The van der Waals surface area contributed by atoms with Gasteiger partial charge in [-0.25, -0.2) is 0 Å². The lowest BCUT2D eigenvalue weighted by atomic mass is 9.14. The number of hydrogen-bond donors (Lipinski definition) is 1. The number of anilines is 1. The minimum atomic E-state index is -1.04. The third-order valence-electron chi connectivity index (χ3n) is 6.02. The summed E-state index contributed by atoms with van der Waals surface area (Å²) in [6.45, 7) is 0.958. The highest BCUT2D eigenvalue weighted by atomic mass is 14.9. The zero-order valence-electron chi connectivity index (χ0n) is 16.7. The van der Waals surface area contributed by atoms with E-state index in [9.17, 15) is 0 Å². The fourth-order valence-electron chi connectivity index (χ4n) is 4.62. The maximum Gasteiger partial charge on any atom is 0.0815 e. The summed E-state index contributed by atoms with van der Waals surface area (Å²) in [6, 6.07) is 43.6. The lowest BCUT2D eigenvalue weighted by Crippen LogP contribution is -2.67. The molecule has 0 spiro atoms. The zero-order chi connectivity index (χ0) is 19.8. The molecule has 4 aromatic rings. The molecule has 1 nitrogen and oxygen atoms in total. The molecular weight excluding hydrogens is 349 g/mol. The van der Waals surface area contributed by atoms with Crippen molar-refractivity contribution < 1.29 is 0 Å². The molecular formula is C27H27BN-. The van der Waals surface area contributed by atoms with Crippen LogP contribution in [-0.4, -0.2) is 12.7 Å². The highest BCUT2D eigenvalue weighted by Crippen LogP contribution is 2.16. The van der Waals surface area contributed by atoms with E-state index < -0.39 is 6.15 Å². The van der Waals surface area contributed by atoms with Gasteiger partial charge in [0.15, 0.2) is 0 Å². The maximum absolute atomic E-state index is 3.58. The third kappa shape index (κ3) is 4.27. The first-order chi connectivity index (χ1) is 14.4. The number of benzene rings is 4. The smallest absolute Gasteiger partial charge is 0.0815 e. The van der Waals surface area contributed by atoms with Crippen molar-refractivity contribution in [3.63, 3.8) is 0 Å². The third-order valence-corrected chi connectivity index (χ3v) is 6.02. The molecule has 29 heavy (non-hydrogen) atoms. The van der Waals surface area contributed by atoms with Gasteiger partial charge >= 0.3 is 0 Å². The molecule has 0 aromatic heterocycles. The van der Waals surface area contributed by atoms with Crippen LogP contribution < -0.4 is 21.7 Å². The molecule has 0 amide bonds. The lowest BCUT2D eigenvalue weighted by molar-refractivity contribution is 0.963. The Hall–Kier alpha value is -3.26. The summed E-state index contributed by atoms with van der Waals surface area (Å²) in [7, 11) is 0. The van der Waals surface area contributed by atoms with Crippen molar-refractivity contribution in [3.05, 3.63) is 121 Å². The first-order valence-electron chi connectivity index (χ1n) is 10.5. The van der Waals surface area contributed by atoms with E-state index in [0.29, 0.717) is 0 Å². The van der Waals surface area contributed by atoms with E-state index >= 15 is 0 Å². The highest BCUT2D eigenvalue weighted by Gasteiger charge is 2.29. The van der Waals surface area contributed by atoms with Crippen molar-refractivity contribution >= 4 is 28.2 Å². The summed E-state index contributed by atoms with van der Waals surface area (Å²) in [5.41, 5.74) is 5.41. The summed E-state index contributed by atoms with van der Waals surface area (Å²) in [4.78, 5) is 0. The Balaban J connectivity index is 1.70. The molecule has 0 aliphatic rings. The van der Waals surface area contributed by atoms with Gasteiger partial charge in [0.25, 0.3) is 0 Å². The van der Waals surface area contributed by atoms with Gasteiger partial charge in [-0.2, -0.15) is 22.7 Å². The molecule has 0 bridgehead atoms.